The highest BCUT2D eigenvalue weighted by atomic mass is 16.6. The molecule has 0 spiro atoms. The summed E-state index contributed by atoms with van der Waals surface area (Å²) in [4.78, 5) is 19.8. The maximum Gasteiger partial charge on any atom is 0.407 e. The first kappa shape index (κ1) is 17.8. The number of aliphatic hydroxyl groups is 1. The van der Waals surface area contributed by atoms with Crippen molar-refractivity contribution >= 4 is 6.09 Å². The van der Waals surface area contributed by atoms with Gasteiger partial charge in [-0.25, -0.2) is 4.79 Å². The third-order valence-corrected chi connectivity index (χ3v) is 2.83. The van der Waals surface area contributed by atoms with Crippen molar-refractivity contribution in [1.29, 1.82) is 0 Å². The molecule has 2 N–H and O–H groups in total. The zero-order chi connectivity index (χ0) is 16.8. The van der Waals surface area contributed by atoms with Crippen molar-refractivity contribution in [1.82, 2.24) is 15.3 Å². The summed E-state index contributed by atoms with van der Waals surface area (Å²) in [6.45, 7) is 10.7. The Morgan fingerprint density at radius 1 is 1.41 bits per heavy atom. The lowest BCUT2D eigenvalue weighted by Crippen LogP contribution is -2.37. The molecule has 120 valence electrons. The third-order valence-electron chi connectivity index (χ3n) is 2.83. The zero-order valence-electron chi connectivity index (χ0n) is 13.5. The van der Waals surface area contributed by atoms with Crippen LogP contribution in [-0.2, 0) is 10.3 Å². The summed E-state index contributed by atoms with van der Waals surface area (Å²) in [5, 5.41) is 13.3. The highest BCUT2D eigenvalue weighted by Gasteiger charge is 2.30. The van der Waals surface area contributed by atoms with Gasteiger partial charge in [-0.3, -0.25) is 9.97 Å². The average molecular weight is 305 g/mol. The van der Waals surface area contributed by atoms with Crippen molar-refractivity contribution in [2.45, 2.75) is 38.9 Å². The molecule has 0 fully saturated rings. The van der Waals surface area contributed by atoms with Crippen LogP contribution in [0, 0.1) is 0 Å². The number of amides is 1. The lowest BCUT2D eigenvalue weighted by atomic mass is 9.92. The molecule has 1 atom stereocenters. The second-order valence-corrected chi connectivity index (χ2v) is 5.95. The van der Waals surface area contributed by atoms with Crippen LogP contribution in [0.5, 0.6) is 0 Å². The molecule has 6 heteroatoms. The SMILES string of the molecule is C=C/C=C(\CNC(=O)OC(C)(C)C)[C@](C)(O)c1cnccn1. The van der Waals surface area contributed by atoms with Gasteiger partial charge in [0.1, 0.15) is 11.2 Å². The summed E-state index contributed by atoms with van der Waals surface area (Å²) in [5.74, 6) is 0. The molecule has 22 heavy (non-hydrogen) atoms. The molecule has 0 saturated carbocycles. The topological polar surface area (TPSA) is 84.3 Å². The Morgan fingerprint density at radius 2 is 2.09 bits per heavy atom. The summed E-state index contributed by atoms with van der Waals surface area (Å²) in [6, 6.07) is 0. The lowest BCUT2D eigenvalue weighted by Gasteiger charge is -2.26. The largest absolute Gasteiger partial charge is 0.444 e. The van der Waals surface area contributed by atoms with Crippen LogP contribution in [-0.4, -0.2) is 33.3 Å². The van der Waals surface area contributed by atoms with Crippen LogP contribution in [0.15, 0.2) is 42.9 Å². The molecule has 0 aliphatic rings. The van der Waals surface area contributed by atoms with Gasteiger partial charge < -0.3 is 15.2 Å². The van der Waals surface area contributed by atoms with Crippen molar-refractivity contribution in [2.75, 3.05) is 6.54 Å². The fraction of sp³-hybridized carbons (Fsp3) is 0.438. The van der Waals surface area contributed by atoms with Crippen molar-refractivity contribution in [3.63, 3.8) is 0 Å². The zero-order valence-corrected chi connectivity index (χ0v) is 13.5. The molecule has 0 aliphatic heterocycles. The first-order chi connectivity index (χ1) is 10.2. The Balaban J connectivity index is 2.85. The van der Waals surface area contributed by atoms with Gasteiger partial charge in [0.15, 0.2) is 0 Å². The molecule has 0 bridgehead atoms. The van der Waals surface area contributed by atoms with E-state index in [1.807, 2.05) is 0 Å². The number of carbonyl (C=O) groups excluding carboxylic acids is 1. The minimum absolute atomic E-state index is 0.102. The van der Waals surface area contributed by atoms with Crippen LogP contribution in [0.3, 0.4) is 0 Å². The van der Waals surface area contributed by atoms with Gasteiger partial charge in [0.2, 0.25) is 0 Å². The fourth-order valence-corrected chi connectivity index (χ4v) is 1.73. The van der Waals surface area contributed by atoms with E-state index in [0.717, 1.165) is 0 Å². The van der Waals surface area contributed by atoms with Crippen LogP contribution in [0.2, 0.25) is 0 Å². The minimum atomic E-state index is -1.38. The number of alkyl carbamates (subject to hydrolysis) is 1. The molecule has 1 aromatic rings. The van der Waals surface area contributed by atoms with Gasteiger partial charge in [0, 0.05) is 18.9 Å². The molecular formula is C16H23N3O3. The predicted octanol–water partition coefficient (Wildman–Crippen LogP) is 2.32. The number of nitrogens with one attached hydrogen (secondary N) is 1. The first-order valence-electron chi connectivity index (χ1n) is 6.94. The Bertz CT molecular complexity index is 546. The summed E-state index contributed by atoms with van der Waals surface area (Å²) in [6.07, 6.45) is 7.11. The van der Waals surface area contributed by atoms with E-state index in [2.05, 4.69) is 21.9 Å². The van der Waals surface area contributed by atoms with Crippen molar-refractivity contribution in [2.24, 2.45) is 0 Å². The molecule has 1 rings (SSSR count). The highest BCUT2D eigenvalue weighted by Crippen LogP contribution is 2.26. The van der Waals surface area contributed by atoms with Crippen LogP contribution in [0.1, 0.15) is 33.4 Å². The van der Waals surface area contributed by atoms with E-state index in [9.17, 15) is 9.90 Å². The smallest absolute Gasteiger partial charge is 0.407 e. The Morgan fingerprint density at radius 3 is 2.59 bits per heavy atom. The van der Waals surface area contributed by atoms with Gasteiger partial charge in [-0.05, 0) is 33.3 Å². The summed E-state index contributed by atoms with van der Waals surface area (Å²) < 4.78 is 5.17. The van der Waals surface area contributed by atoms with Crippen LogP contribution < -0.4 is 5.32 Å². The summed E-state index contributed by atoms with van der Waals surface area (Å²) in [7, 11) is 0. The second-order valence-electron chi connectivity index (χ2n) is 5.95. The van der Waals surface area contributed by atoms with Crippen LogP contribution >= 0.6 is 0 Å². The predicted molar refractivity (Wildman–Crippen MR) is 84.1 cm³/mol. The van der Waals surface area contributed by atoms with Crippen molar-refractivity contribution < 1.29 is 14.6 Å². The molecule has 0 saturated heterocycles. The normalized spacial score (nSPS) is 14.9. The van der Waals surface area contributed by atoms with Crippen LogP contribution in [0.4, 0.5) is 4.79 Å². The number of rotatable bonds is 5. The maximum atomic E-state index is 11.7. The van der Waals surface area contributed by atoms with Gasteiger partial charge in [0.25, 0.3) is 0 Å². The molecule has 0 aliphatic carbocycles. The van der Waals surface area contributed by atoms with Gasteiger partial charge in [-0.1, -0.05) is 18.7 Å². The number of aromatic nitrogens is 2. The number of allylic oxidation sites excluding steroid dienone is 2. The van der Waals surface area contributed by atoms with E-state index in [1.165, 1.54) is 24.7 Å². The van der Waals surface area contributed by atoms with Crippen LogP contribution in [0.25, 0.3) is 0 Å². The van der Waals surface area contributed by atoms with E-state index in [4.69, 9.17) is 4.74 Å². The molecule has 1 aromatic heterocycles. The minimum Gasteiger partial charge on any atom is -0.444 e. The quantitative estimate of drug-likeness (QED) is 0.816. The number of carbonyl (C=O) groups is 1. The Hall–Kier alpha value is -2.21. The highest BCUT2D eigenvalue weighted by molar-refractivity contribution is 5.68. The van der Waals surface area contributed by atoms with Gasteiger partial charge in [-0.15, -0.1) is 0 Å². The molecule has 0 unspecified atom stereocenters. The number of ether oxygens (including phenoxy) is 1. The van der Waals surface area contributed by atoms with E-state index >= 15 is 0 Å². The Kier molecular flexibility index (Phi) is 5.82. The standard InChI is InChI=1S/C16H23N3O3/c1-6-7-12(10-19-14(20)22-15(2,3)4)16(5,21)13-11-17-8-9-18-13/h6-9,11,21H,1,10H2,2-5H3,(H,19,20)/b12-7+/t16-/m0/s1. The van der Waals surface area contributed by atoms with E-state index < -0.39 is 17.3 Å². The number of nitrogens with zero attached hydrogens (tertiary/aromatic N) is 2. The monoisotopic (exact) mass is 305 g/mol. The van der Waals surface area contributed by atoms with Crippen molar-refractivity contribution in [3.05, 3.63) is 48.6 Å². The van der Waals surface area contributed by atoms with E-state index in [-0.39, 0.29) is 6.54 Å². The van der Waals surface area contributed by atoms with Gasteiger partial charge >= 0.3 is 6.09 Å². The molecule has 1 heterocycles. The molecule has 6 nitrogen and oxygen atoms in total. The Labute approximate surface area is 130 Å². The molecular weight excluding hydrogens is 282 g/mol. The molecule has 0 aromatic carbocycles. The van der Waals surface area contributed by atoms with Gasteiger partial charge in [0.05, 0.1) is 11.9 Å². The summed E-state index contributed by atoms with van der Waals surface area (Å²) in [5.41, 5.74) is -1.06. The second kappa shape index (κ2) is 7.17. The third kappa shape index (κ3) is 5.29. The van der Waals surface area contributed by atoms with E-state index in [1.54, 1.807) is 33.8 Å². The average Bonchev–Trinajstić information content (AvgIpc) is 2.42. The number of hydrogen-bond donors (Lipinski definition) is 2. The molecule has 1 amide bonds. The maximum absolute atomic E-state index is 11.7. The van der Waals surface area contributed by atoms with Gasteiger partial charge in [-0.2, -0.15) is 0 Å². The summed E-state index contributed by atoms with van der Waals surface area (Å²) >= 11 is 0. The lowest BCUT2D eigenvalue weighted by molar-refractivity contribution is 0.0515. The van der Waals surface area contributed by atoms with Crippen molar-refractivity contribution in [3.8, 4) is 0 Å². The first-order valence-corrected chi connectivity index (χ1v) is 6.94. The number of hydrogen-bond acceptors (Lipinski definition) is 5. The molecule has 0 radical (unpaired) electrons. The fourth-order valence-electron chi connectivity index (χ4n) is 1.73. The van der Waals surface area contributed by atoms with E-state index in [0.29, 0.717) is 11.3 Å².